The van der Waals surface area contributed by atoms with Gasteiger partial charge in [-0.1, -0.05) is 35.9 Å². The van der Waals surface area contributed by atoms with Crippen molar-refractivity contribution in [2.75, 3.05) is 6.54 Å². The lowest BCUT2D eigenvalue weighted by molar-refractivity contribution is 0.839. The summed E-state index contributed by atoms with van der Waals surface area (Å²) in [4.78, 5) is 0. The molecule has 0 aliphatic heterocycles. The fourth-order valence-electron chi connectivity index (χ4n) is 3.10. The minimum absolute atomic E-state index is 0.370. The number of hydrogen-bond acceptors (Lipinski definition) is 1. The van der Waals surface area contributed by atoms with Crippen molar-refractivity contribution < 1.29 is 0 Å². The van der Waals surface area contributed by atoms with Crippen LogP contribution in [-0.2, 0) is 0 Å². The van der Waals surface area contributed by atoms with Crippen LogP contribution in [0.3, 0.4) is 0 Å². The van der Waals surface area contributed by atoms with E-state index in [0.717, 1.165) is 0 Å². The lowest BCUT2D eigenvalue weighted by Crippen LogP contribution is -2.11. The molecule has 2 aromatic rings. The maximum absolute atomic E-state index is 6.00. The molecule has 2 aromatic carbocycles. The molecule has 0 aromatic heterocycles. The van der Waals surface area contributed by atoms with Crippen molar-refractivity contribution in [1.29, 1.82) is 0 Å². The summed E-state index contributed by atoms with van der Waals surface area (Å²) in [6, 6.07) is 11.2. The predicted molar refractivity (Wildman–Crippen MR) is 77.0 cm³/mol. The standard InChI is InChI=1S/C17H19N/c1-10-4-6-13-15(8-10)16(9-18)14-7-5-11(2)12(3)17(13)14/h4-8,16H,9,18H2,1-3H3. The van der Waals surface area contributed by atoms with E-state index in [1.54, 1.807) is 0 Å². The molecule has 0 saturated carbocycles. The Morgan fingerprint density at radius 2 is 1.78 bits per heavy atom. The van der Waals surface area contributed by atoms with Crippen LogP contribution < -0.4 is 5.73 Å². The van der Waals surface area contributed by atoms with Crippen molar-refractivity contribution >= 4 is 0 Å². The number of rotatable bonds is 1. The van der Waals surface area contributed by atoms with Gasteiger partial charge in [-0.2, -0.15) is 0 Å². The van der Waals surface area contributed by atoms with Gasteiger partial charge in [0.05, 0.1) is 0 Å². The van der Waals surface area contributed by atoms with Crippen molar-refractivity contribution in [1.82, 2.24) is 0 Å². The average Bonchev–Trinajstić information content (AvgIpc) is 2.67. The van der Waals surface area contributed by atoms with Crippen LogP contribution in [0.15, 0.2) is 30.3 Å². The fourth-order valence-corrected chi connectivity index (χ4v) is 3.10. The Kier molecular flexibility index (Phi) is 2.53. The largest absolute Gasteiger partial charge is 0.330 e. The van der Waals surface area contributed by atoms with Crippen LogP contribution in [0.2, 0.25) is 0 Å². The third kappa shape index (κ3) is 1.44. The Bertz CT molecular complexity index is 626. The zero-order chi connectivity index (χ0) is 12.9. The molecule has 1 aliphatic rings. The Morgan fingerprint density at radius 1 is 1.00 bits per heavy atom. The topological polar surface area (TPSA) is 26.0 Å². The quantitative estimate of drug-likeness (QED) is 0.804. The van der Waals surface area contributed by atoms with Crippen LogP contribution in [0.25, 0.3) is 11.1 Å². The maximum atomic E-state index is 6.00. The van der Waals surface area contributed by atoms with Gasteiger partial charge in [0.2, 0.25) is 0 Å². The first-order chi connectivity index (χ1) is 8.63. The molecule has 1 atom stereocenters. The molecule has 3 rings (SSSR count). The zero-order valence-electron chi connectivity index (χ0n) is 11.2. The molecule has 0 spiro atoms. The van der Waals surface area contributed by atoms with E-state index in [0.29, 0.717) is 12.5 Å². The van der Waals surface area contributed by atoms with Crippen LogP contribution in [-0.4, -0.2) is 6.54 Å². The van der Waals surface area contributed by atoms with Gasteiger partial charge in [-0.05, 0) is 54.2 Å². The van der Waals surface area contributed by atoms with Crippen molar-refractivity contribution in [3.63, 3.8) is 0 Å². The first kappa shape index (κ1) is 11.5. The molecule has 1 aliphatic carbocycles. The molecular weight excluding hydrogens is 218 g/mol. The molecule has 0 bridgehead atoms. The molecule has 1 unspecified atom stereocenters. The van der Waals surface area contributed by atoms with E-state index in [-0.39, 0.29) is 0 Å². The first-order valence-electron chi connectivity index (χ1n) is 6.54. The summed E-state index contributed by atoms with van der Waals surface area (Å²) in [5, 5.41) is 0. The second-order valence-corrected chi connectivity index (χ2v) is 5.35. The second kappa shape index (κ2) is 3.96. The first-order valence-corrected chi connectivity index (χ1v) is 6.54. The number of aryl methyl sites for hydroxylation is 2. The van der Waals surface area contributed by atoms with Gasteiger partial charge in [-0.25, -0.2) is 0 Å². The highest BCUT2D eigenvalue weighted by Gasteiger charge is 2.29. The van der Waals surface area contributed by atoms with Crippen LogP contribution in [0.4, 0.5) is 0 Å². The molecule has 0 radical (unpaired) electrons. The highest BCUT2D eigenvalue weighted by atomic mass is 14.6. The molecule has 1 nitrogen and oxygen atoms in total. The Hall–Kier alpha value is -1.60. The smallest absolute Gasteiger partial charge is 0.0225 e. The van der Waals surface area contributed by atoms with Crippen molar-refractivity contribution in [3.05, 3.63) is 58.1 Å². The molecule has 18 heavy (non-hydrogen) atoms. The second-order valence-electron chi connectivity index (χ2n) is 5.35. The monoisotopic (exact) mass is 237 g/mol. The van der Waals surface area contributed by atoms with E-state index in [1.165, 1.54) is 38.9 Å². The Labute approximate surface area is 109 Å². The van der Waals surface area contributed by atoms with Crippen LogP contribution >= 0.6 is 0 Å². The van der Waals surface area contributed by atoms with Crippen molar-refractivity contribution in [2.24, 2.45) is 5.73 Å². The Balaban J connectivity index is 2.35. The molecule has 0 amide bonds. The van der Waals surface area contributed by atoms with Crippen LogP contribution in [0.1, 0.15) is 33.7 Å². The highest BCUT2D eigenvalue weighted by molar-refractivity contribution is 5.82. The third-order valence-electron chi connectivity index (χ3n) is 4.23. The summed E-state index contributed by atoms with van der Waals surface area (Å²) in [5.41, 5.74) is 15.7. The number of hydrogen-bond donors (Lipinski definition) is 1. The van der Waals surface area contributed by atoms with Gasteiger partial charge >= 0.3 is 0 Å². The molecule has 0 heterocycles. The highest BCUT2D eigenvalue weighted by Crippen LogP contribution is 2.46. The summed E-state index contributed by atoms with van der Waals surface area (Å²) in [7, 11) is 0. The van der Waals surface area contributed by atoms with Crippen molar-refractivity contribution in [2.45, 2.75) is 26.7 Å². The van der Waals surface area contributed by atoms with Gasteiger partial charge in [0.15, 0.2) is 0 Å². The van der Waals surface area contributed by atoms with E-state index >= 15 is 0 Å². The molecule has 1 heteroatoms. The molecule has 2 N–H and O–H groups in total. The normalized spacial score (nSPS) is 16.6. The van der Waals surface area contributed by atoms with Gasteiger partial charge in [-0.3, -0.25) is 0 Å². The van der Waals surface area contributed by atoms with Gasteiger partial charge in [-0.15, -0.1) is 0 Å². The molecule has 0 fully saturated rings. The maximum Gasteiger partial charge on any atom is 0.0225 e. The Morgan fingerprint density at radius 3 is 2.50 bits per heavy atom. The van der Waals surface area contributed by atoms with Crippen LogP contribution in [0, 0.1) is 20.8 Å². The molecule has 0 saturated heterocycles. The predicted octanol–water partition coefficient (Wildman–Crippen LogP) is 3.68. The van der Waals surface area contributed by atoms with Gasteiger partial charge in [0, 0.05) is 12.5 Å². The van der Waals surface area contributed by atoms with E-state index < -0.39 is 0 Å². The van der Waals surface area contributed by atoms with Gasteiger partial charge < -0.3 is 5.73 Å². The lowest BCUT2D eigenvalue weighted by Gasteiger charge is -2.12. The van der Waals surface area contributed by atoms with Gasteiger partial charge in [0.25, 0.3) is 0 Å². The van der Waals surface area contributed by atoms with Crippen LogP contribution in [0.5, 0.6) is 0 Å². The van der Waals surface area contributed by atoms with E-state index in [1.807, 2.05) is 0 Å². The minimum atomic E-state index is 0.370. The summed E-state index contributed by atoms with van der Waals surface area (Å²) >= 11 is 0. The minimum Gasteiger partial charge on any atom is -0.330 e. The summed E-state index contributed by atoms with van der Waals surface area (Å²) in [5.74, 6) is 0.370. The van der Waals surface area contributed by atoms with E-state index in [9.17, 15) is 0 Å². The SMILES string of the molecule is Cc1ccc2c(c1)C(CN)c1ccc(C)c(C)c1-2. The van der Waals surface area contributed by atoms with Crippen molar-refractivity contribution in [3.8, 4) is 11.1 Å². The number of fused-ring (bicyclic) bond motifs is 3. The number of benzene rings is 2. The summed E-state index contributed by atoms with van der Waals surface area (Å²) in [6.45, 7) is 7.23. The van der Waals surface area contributed by atoms with E-state index in [2.05, 4.69) is 51.1 Å². The summed E-state index contributed by atoms with van der Waals surface area (Å²) in [6.07, 6.45) is 0. The summed E-state index contributed by atoms with van der Waals surface area (Å²) < 4.78 is 0. The average molecular weight is 237 g/mol. The number of nitrogens with two attached hydrogens (primary N) is 1. The molecular formula is C17H19N. The van der Waals surface area contributed by atoms with E-state index in [4.69, 9.17) is 5.73 Å². The molecule has 92 valence electrons. The zero-order valence-corrected chi connectivity index (χ0v) is 11.2. The fraction of sp³-hybridized carbons (Fsp3) is 0.294. The third-order valence-corrected chi connectivity index (χ3v) is 4.23. The lowest BCUT2D eigenvalue weighted by atomic mass is 9.94. The van der Waals surface area contributed by atoms with Gasteiger partial charge in [0.1, 0.15) is 0 Å².